The predicted molar refractivity (Wildman–Crippen MR) is 93.0 cm³/mol. The molecule has 3 rings (SSSR count). The zero-order valence-electron chi connectivity index (χ0n) is 15.0. The van der Waals surface area contributed by atoms with Crippen LogP contribution in [-0.4, -0.2) is 73.1 Å². The van der Waals surface area contributed by atoms with Crippen LogP contribution in [0.1, 0.15) is 24.8 Å². The Morgan fingerprint density at radius 3 is 2.92 bits per heavy atom. The predicted octanol–water partition coefficient (Wildman–Crippen LogP) is 2.06. The molecular formula is C18H28N4O2. The number of nitrogens with zero attached hydrogens (tertiary/aromatic N) is 4. The maximum absolute atomic E-state index is 12.3. The molecule has 1 aromatic rings. The van der Waals surface area contributed by atoms with E-state index in [9.17, 15) is 4.79 Å². The number of amides is 2. The minimum Gasteiger partial charge on any atom is -0.481 e. The van der Waals surface area contributed by atoms with Crippen LogP contribution in [0.4, 0.5) is 4.79 Å². The van der Waals surface area contributed by atoms with Gasteiger partial charge in [-0.2, -0.15) is 0 Å². The molecule has 0 N–H and O–H groups in total. The van der Waals surface area contributed by atoms with Crippen LogP contribution in [0.2, 0.25) is 0 Å². The van der Waals surface area contributed by atoms with E-state index in [2.05, 4.69) is 16.0 Å². The van der Waals surface area contributed by atoms with E-state index in [0.717, 1.165) is 51.1 Å². The fourth-order valence-corrected chi connectivity index (χ4v) is 4.12. The molecule has 6 heteroatoms. The van der Waals surface area contributed by atoms with Crippen LogP contribution in [0, 0.1) is 5.41 Å². The number of piperidine rings is 1. The molecule has 2 fully saturated rings. The Morgan fingerprint density at radius 1 is 1.33 bits per heavy atom. The summed E-state index contributed by atoms with van der Waals surface area (Å²) in [6.45, 7) is 4.74. The fraction of sp³-hybridized carbons (Fsp3) is 0.667. The van der Waals surface area contributed by atoms with Crippen molar-refractivity contribution in [2.24, 2.45) is 5.41 Å². The maximum Gasteiger partial charge on any atom is 0.319 e. The van der Waals surface area contributed by atoms with Crippen molar-refractivity contribution >= 4 is 6.03 Å². The van der Waals surface area contributed by atoms with Crippen LogP contribution < -0.4 is 4.74 Å². The molecule has 1 spiro atoms. The van der Waals surface area contributed by atoms with Crippen LogP contribution in [0.25, 0.3) is 0 Å². The lowest BCUT2D eigenvalue weighted by atomic mass is 9.79. The number of urea groups is 1. The summed E-state index contributed by atoms with van der Waals surface area (Å²) < 4.78 is 5.37. The molecule has 0 aromatic carbocycles. The minimum atomic E-state index is 0.140. The minimum absolute atomic E-state index is 0.140. The molecule has 2 aliphatic rings. The summed E-state index contributed by atoms with van der Waals surface area (Å²) >= 11 is 0. The first kappa shape index (κ1) is 17.0. The third kappa shape index (κ3) is 3.48. The number of carbonyl (C=O) groups is 1. The first-order valence-corrected chi connectivity index (χ1v) is 8.69. The van der Waals surface area contributed by atoms with Crippen molar-refractivity contribution in [2.45, 2.75) is 25.8 Å². The second-order valence-electron chi connectivity index (χ2n) is 7.33. The van der Waals surface area contributed by atoms with Crippen LogP contribution in [0.5, 0.6) is 5.88 Å². The molecule has 24 heavy (non-hydrogen) atoms. The van der Waals surface area contributed by atoms with Gasteiger partial charge in [-0.1, -0.05) is 6.07 Å². The number of pyridine rings is 1. The number of aromatic nitrogens is 1. The molecular weight excluding hydrogens is 304 g/mol. The van der Waals surface area contributed by atoms with Crippen molar-refractivity contribution in [3.05, 3.63) is 23.9 Å². The number of hydrogen-bond acceptors (Lipinski definition) is 4. The lowest BCUT2D eigenvalue weighted by Gasteiger charge is -2.41. The Kier molecular flexibility index (Phi) is 4.94. The van der Waals surface area contributed by atoms with Crippen molar-refractivity contribution in [3.63, 3.8) is 0 Å². The van der Waals surface area contributed by atoms with Gasteiger partial charge in [-0.25, -0.2) is 9.78 Å². The zero-order valence-corrected chi connectivity index (χ0v) is 15.0. The maximum atomic E-state index is 12.3. The summed E-state index contributed by atoms with van der Waals surface area (Å²) in [5.41, 5.74) is 1.38. The molecule has 0 aliphatic carbocycles. The Bertz CT molecular complexity index is 592. The molecule has 132 valence electrons. The van der Waals surface area contributed by atoms with Crippen LogP contribution in [0.15, 0.2) is 18.3 Å². The third-order valence-corrected chi connectivity index (χ3v) is 5.27. The van der Waals surface area contributed by atoms with Crippen molar-refractivity contribution in [3.8, 4) is 5.88 Å². The monoisotopic (exact) mass is 332 g/mol. The summed E-state index contributed by atoms with van der Waals surface area (Å²) in [5.74, 6) is 0.714. The lowest BCUT2D eigenvalue weighted by molar-refractivity contribution is 0.0945. The van der Waals surface area contributed by atoms with Crippen molar-refractivity contribution < 1.29 is 9.53 Å². The second kappa shape index (κ2) is 6.97. The van der Waals surface area contributed by atoms with Gasteiger partial charge in [0.2, 0.25) is 5.88 Å². The molecule has 2 saturated heterocycles. The van der Waals surface area contributed by atoms with E-state index in [1.54, 1.807) is 18.2 Å². The van der Waals surface area contributed by atoms with E-state index in [1.165, 1.54) is 6.42 Å². The van der Waals surface area contributed by atoms with E-state index in [-0.39, 0.29) is 11.4 Å². The molecule has 0 saturated carbocycles. The smallest absolute Gasteiger partial charge is 0.319 e. The van der Waals surface area contributed by atoms with E-state index >= 15 is 0 Å². The highest BCUT2D eigenvalue weighted by Crippen LogP contribution is 2.39. The van der Waals surface area contributed by atoms with Gasteiger partial charge in [-0.15, -0.1) is 0 Å². The van der Waals surface area contributed by atoms with E-state index < -0.39 is 0 Å². The molecule has 6 nitrogen and oxygen atoms in total. The van der Waals surface area contributed by atoms with Gasteiger partial charge in [0.1, 0.15) is 0 Å². The summed E-state index contributed by atoms with van der Waals surface area (Å²) in [6.07, 6.45) is 5.24. The molecule has 0 radical (unpaired) electrons. The summed E-state index contributed by atoms with van der Waals surface area (Å²) in [4.78, 5) is 22.8. The topological polar surface area (TPSA) is 48.9 Å². The summed E-state index contributed by atoms with van der Waals surface area (Å²) in [7, 11) is 5.33. The van der Waals surface area contributed by atoms with E-state index in [0.29, 0.717) is 5.88 Å². The number of methoxy groups -OCH3 is 1. The molecule has 2 aliphatic heterocycles. The van der Waals surface area contributed by atoms with Crippen LogP contribution in [-0.2, 0) is 6.54 Å². The third-order valence-electron chi connectivity index (χ3n) is 5.27. The molecule has 3 heterocycles. The lowest BCUT2D eigenvalue weighted by Crippen LogP contribution is -2.50. The van der Waals surface area contributed by atoms with E-state index in [1.807, 2.05) is 25.1 Å². The van der Waals surface area contributed by atoms with Crippen molar-refractivity contribution in [2.75, 3.05) is 47.4 Å². The Morgan fingerprint density at radius 2 is 2.17 bits per heavy atom. The summed E-state index contributed by atoms with van der Waals surface area (Å²) in [5, 5.41) is 0. The molecule has 1 atom stereocenters. The van der Waals surface area contributed by atoms with Gasteiger partial charge in [0.05, 0.1) is 7.11 Å². The quantitative estimate of drug-likeness (QED) is 0.850. The fourth-order valence-electron chi connectivity index (χ4n) is 4.12. The Hall–Kier alpha value is -1.82. The average molecular weight is 332 g/mol. The van der Waals surface area contributed by atoms with Gasteiger partial charge in [-0.05, 0) is 31.9 Å². The number of ether oxygens (including phenoxy) is 1. The van der Waals surface area contributed by atoms with Gasteiger partial charge in [0, 0.05) is 57.4 Å². The van der Waals surface area contributed by atoms with Crippen LogP contribution in [0.3, 0.4) is 0 Å². The SMILES string of the molecule is COc1ncccc1CN1CCC2(CCCN(C(=O)N(C)C)C2)C1. The zero-order chi connectivity index (χ0) is 17.2. The average Bonchev–Trinajstić information content (AvgIpc) is 2.96. The largest absolute Gasteiger partial charge is 0.481 e. The highest BCUT2D eigenvalue weighted by atomic mass is 16.5. The molecule has 0 bridgehead atoms. The highest BCUT2D eigenvalue weighted by Gasteiger charge is 2.42. The number of carbonyl (C=O) groups excluding carboxylic acids is 1. The highest BCUT2D eigenvalue weighted by molar-refractivity contribution is 5.74. The first-order chi connectivity index (χ1) is 11.5. The molecule has 1 unspecified atom stereocenters. The normalized spacial score (nSPS) is 24.4. The summed E-state index contributed by atoms with van der Waals surface area (Å²) in [6, 6.07) is 4.18. The number of likely N-dealkylation sites (tertiary alicyclic amines) is 2. The van der Waals surface area contributed by atoms with Crippen LogP contribution >= 0.6 is 0 Å². The number of hydrogen-bond donors (Lipinski definition) is 0. The first-order valence-electron chi connectivity index (χ1n) is 8.69. The standard InChI is InChI=1S/C18H28N4O2/c1-20(2)17(23)22-10-5-7-18(14-22)8-11-21(13-18)12-15-6-4-9-19-16(15)24-3/h4,6,9H,5,7-8,10-14H2,1-3H3. The van der Waals surface area contributed by atoms with Crippen molar-refractivity contribution in [1.82, 2.24) is 19.7 Å². The molecule has 1 aromatic heterocycles. The molecule has 2 amide bonds. The second-order valence-corrected chi connectivity index (χ2v) is 7.33. The van der Waals surface area contributed by atoms with Gasteiger partial charge >= 0.3 is 6.03 Å². The van der Waals surface area contributed by atoms with Gasteiger partial charge in [-0.3, -0.25) is 4.90 Å². The van der Waals surface area contributed by atoms with E-state index in [4.69, 9.17) is 4.74 Å². The van der Waals surface area contributed by atoms with Gasteiger partial charge < -0.3 is 14.5 Å². The Labute approximate surface area is 144 Å². The van der Waals surface area contributed by atoms with Gasteiger partial charge in [0.15, 0.2) is 0 Å². The van der Waals surface area contributed by atoms with Gasteiger partial charge in [0.25, 0.3) is 0 Å². The van der Waals surface area contributed by atoms with Crippen molar-refractivity contribution in [1.29, 1.82) is 0 Å². The number of rotatable bonds is 3. The Balaban J connectivity index is 1.65.